The summed E-state index contributed by atoms with van der Waals surface area (Å²) in [5, 5.41) is 3.56. The summed E-state index contributed by atoms with van der Waals surface area (Å²) in [6, 6.07) is 17.1. The van der Waals surface area contributed by atoms with E-state index in [4.69, 9.17) is 21.1 Å². The number of hydrogen-bond acceptors (Lipinski definition) is 3. The van der Waals surface area contributed by atoms with Crippen LogP contribution in [0.5, 0.6) is 11.5 Å². The van der Waals surface area contributed by atoms with Gasteiger partial charge in [0.2, 0.25) is 5.91 Å². The van der Waals surface area contributed by atoms with E-state index in [1.54, 1.807) is 6.08 Å². The lowest BCUT2D eigenvalue weighted by molar-refractivity contribution is -0.111. The maximum absolute atomic E-state index is 12.4. The van der Waals surface area contributed by atoms with Gasteiger partial charge in [0.15, 0.2) is 11.5 Å². The molecule has 0 saturated heterocycles. The van der Waals surface area contributed by atoms with E-state index < -0.39 is 0 Å². The van der Waals surface area contributed by atoms with Crippen molar-refractivity contribution in [3.63, 3.8) is 0 Å². The van der Waals surface area contributed by atoms with E-state index in [1.807, 2.05) is 68.4 Å². The van der Waals surface area contributed by atoms with Crippen molar-refractivity contribution in [3.8, 4) is 11.5 Å². The molecule has 0 aliphatic heterocycles. The van der Waals surface area contributed by atoms with Gasteiger partial charge in [0, 0.05) is 25.9 Å². The standard InChI is InChI=1S/C25H22BrClINO3/c1-3-31-23-14-17(8-11-24(30)29-22-10-9-19(28)12-16(22)2)13-20(26)25(23)32-15-18-6-4-5-7-21(18)27/h4-14H,3,15H2,1-2H3,(H,29,30)/b11-8+. The van der Waals surface area contributed by atoms with Gasteiger partial charge in [0.1, 0.15) is 6.61 Å². The van der Waals surface area contributed by atoms with Crippen molar-refractivity contribution in [2.45, 2.75) is 20.5 Å². The van der Waals surface area contributed by atoms with Crippen LogP contribution in [0.4, 0.5) is 5.69 Å². The molecule has 3 aromatic carbocycles. The predicted molar refractivity (Wildman–Crippen MR) is 143 cm³/mol. The topological polar surface area (TPSA) is 47.6 Å². The molecule has 3 aromatic rings. The molecule has 1 N–H and O–H groups in total. The minimum atomic E-state index is -0.206. The molecule has 32 heavy (non-hydrogen) atoms. The Morgan fingerprint density at radius 2 is 1.94 bits per heavy atom. The molecule has 0 aromatic heterocycles. The maximum atomic E-state index is 12.4. The quantitative estimate of drug-likeness (QED) is 0.207. The Labute approximate surface area is 215 Å². The lowest BCUT2D eigenvalue weighted by Gasteiger charge is -2.15. The third-order valence-corrected chi connectivity index (χ3v) is 6.16. The zero-order valence-corrected chi connectivity index (χ0v) is 22.1. The Balaban J connectivity index is 1.75. The van der Waals surface area contributed by atoms with Gasteiger partial charge < -0.3 is 14.8 Å². The van der Waals surface area contributed by atoms with Gasteiger partial charge in [-0.15, -0.1) is 0 Å². The van der Waals surface area contributed by atoms with Crippen LogP contribution < -0.4 is 14.8 Å². The van der Waals surface area contributed by atoms with Crippen LogP contribution in [0.3, 0.4) is 0 Å². The molecule has 0 heterocycles. The van der Waals surface area contributed by atoms with Gasteiger partial charge in [-0.2, -0.15) is 0 Å². The fourth-order valence-electron chi connectivity index (χ4n) is 2.97. The lowest BCUT2D eigenvalue weighted by atomic mass is 10.1. The van der Waals surface area contributed by atoms with Gasteiger partial charge in [-0.25, -0.2) is 0 Å². The first-order chi connectivity index (χ1) is 15.4. The minimum Gasteiger partial charge on any atom is -0.490 e. The van der Waals surface area contributed by atoms with Crippen molar-refractivity contribution in [1.29, 1.82) is 0 Å². The van der Waals surface area contributed by atoms with E-state index in [0.29, 0.717) is 29.7 Å². The number of nitrogens with one attached hydrogen (secondary N) is 1. The molecule has 0 unspecified atom stereocenters. The van der Waals surface area contributed by atoms with E-state index in [-0.39, 0.29) is 5.91 Å². The summed E-state index contributed by atoms with van der Waals surface area (Å²) in [5.41, 5.74) is 3.49. The summed E-state index contributed by atoms with van der Waals surface area (Å²) in [4.78, 5) is 12.4. The summed E-state index contributed by atoms with van der Waals surface area (Å²) in [6.07, 6.45) is 3.24. The van der Waals surface area contributed by atoms with E-state index in [2.05, 4.69) is 43.8 Å². The van der Waals surface area contributed by atoms with E-state index in [0.717, 1.165) is 30.4 Å². The summed E-state index contributed by atoms with van der Waals surface area (Å²) in [7, 11) is 0. The number of halogens is 3. The highest BCUT2D eigenvalue weighted by Crippen LogP contribution is 2.38. The van der Waals surface area contributed by atoms with Crippen molar-refractivity contribution in [2.75, 3.05) is 11.9 Å². The molecule has 166 valence electrons. The van der Waals surface area contributed by atoms with Crippen LogP contribution >= 0.6 is 50.1 Å². The molecule has 0 fully saturated rings. The van der Waals surface area contributed by atoms with Gasteiger partial charge in [0.05, 0.1) is 11.1 Å². The second-order valence-corrected chi connectivity index (χ2v) is 9.43. The SMILES string of the molecule is CCOc1cc(/C=C/C(=O)Nc2ccc(I)cc2C)cc(Br)c1OCc1ccccc1Cl. The highest BCUT2D eigenvalue weighted by molar-refractivity contribution is 14.1. The number of anilines is 1. The summed E-state index contributed by atoms with van der Waals surface area (Å²) >= 11 is 12.0. The van der Waals surface area contributed by atoms with E-state index >= 15 is 0 Å². The molecular weight excluding hydrogens is 605 g/mol. The molecule has 0 saturated carbocycles. The van der Waals surface area contributed by atoms with Crippen molar-refractivity contribution < 1.29 is 14.3 Å². The average Bonchev–Trinajstić information content (AvgIpc) is 2.75. The average molecular weight is 627 g/mol. The highest BCUT2D eigenvalue weighted by atomic mass is 127. The number of carbonyl (C=O) groups is 1. The Morgan fingerprint density at radius 1 is 1.16 bits per heavy atom. The van der Waals surface area contributed by atoms with Gasteiger partial charge in [-0.05, 0) is 106 Å². The van der Waals surface area contributed by atoms with Crippen LogP contribution in [0.25, 0.3) is 6.08 Å². The van der Waals surface area contributed by atoms with Crippen LogP contribution in [0.15, 0.2) is 65.1 Å². The second kappa shape index (κ2) is 11.7. The van der Waals surface area contributed by atoms with E-state index in [1.165, 1.54) is 6.08 Å². The Bertz CT molecular complexity index is 1150. The molecule has 0 bridgehead atoms. The zero-order chi connectivity index (χ0) is 23.1. The van der Waals surface area contributed by atoms with Crippen molar-refractivity contribution >= 4 is 67.8 Å². The molecule has 0 radical (unpaired) electrons. The molecule has 0 atom stereocenters. The third-order valence-electron chi connectivity index (χ3n) is 4.54. The van der Waals surface area contributed by atoms with Crippen LogP contribution in [0.1, 0.15) is 23.6 Å². The summed E-state index contributed by atoms with van der Waals surface area (Å²) in [5.74, 6) is 0.966. The number of benzene rings is 3. The Kier molecular flexibility index (Phi) is 9.02. The highest BCUT2D eigenvalue weighted by Gasteiger charge is 2.13. The normalized spacial score (nSPS) is 10.9. The lowest BCUT2D eigenvalue weighted by Crippen LogP contribution is -2.09. The largest absolute Gasteiger partial charge is 0.490 e. The third kappa shape index (κ3) is 6.73. The fraction of sp³-hybridized carbons (Fsp3) is 0.160. The molecular formula is C25H22BrClINO3. The molecule has 4 nitrogen and oxygen atoms in total. The molecule has 0 aliphatic rings. The fourth-order valence-corrected chi connectivity index (χ4v) is 4.38. The van der Waals surface area contributed by atoms with Crippen LogP contribution in [-0.2, 0) is 11.4 Å². The first-order valence-corrected chi connectivity index (χ1v) is 12.2. The first kappa shape index (κ1) is 24.6. The number of amides is 1. The summed E-state index contributed by atoms with van der Waals surface area (Å²) < 4.78 is 13.6. The Hall–Kier alpha value is -2.03. The van der Waals surface area contributed by atoms with Gasteiger partial charge in [-0.3, -0.25) is 4.79 Å². The monoisotopic (exact) mass is 625 g/mol. The molecule has 7 heteroatoms. The maximum Gasteiger partial charge on any atom is 0.248 e. The van der Waals surface area contributed by atoms with E-state index in [9.17, 15) is 4.79 Å². The van der Waals surface area contributed by atoms with Gasteiger partial charge in [0.25, 0.3) is 0 Å². The predicted octanol–water partition coefficient (Wildman–Crippen LogP) is 7.65. The Morgan fingerprint density at radius 3 is 2.66 bits per heavy atom. The number of rotatable bonds is 8. The van der Waals surface area contributed by atoms with Crippen LogP contribution in [0, 0.1) is 10.5 Å². The van der Waals surface area contributed by atoms with Crippen molar-refractivity contribution in [1.82, 2.24) is 0 Å². The number of carbonyl (C=O) groups excluding carboxylic acids is 1. The van der Waals surface area contributed by atoms with Gasteiger partial charge in [-0.1, -0.05) is 29.8 Å². The second-order valence-electron chi connectivity index (χ2n) is 6.92. The van der Waals surface area contributed by atoms with Crippen LogP contribution in [0.2, 0.25) is 5.02 Å². The minimum absolute atomic E-state index is 0.206. The number of hydrogen-bond donors (Lipinski definition) is 1. The molecule has 1 amide bonds. The zero-order valence-electron chi connectivity index (χ0n) is 17.6. The molecule has 0 spiro atoms. The summed E-state index contributed by atoms with van der Waals surface area (Å²) in [6.45, 7) is 4.67. The molecule has 0 aliphatic carbocycles. The smallest absolute Gasteiger partial charge is 0.248 e. The number of aryl methyl sites for hydroxylation is 1. The van der Waals surface area contributed by atoms with Gasteiger partial charge >= 0.3 is 0 Å². The van der Waals surface area contributed by atoms with Crippen molar-refractivity contribution in [2.24, 2.45) is 0 Å². The van der Waals surface area contributed by atoms with Crippen molar-refractivity contribution in [3.05, 3.63) is 90.4 Å². The number of ether oxygens (including phenoxy) is 2. The first-order valence-electron chi connectivity index (χ1n) is 9.95. The molecule has 3 rings (SSSR count). The van der Waals surface area contributed by atoms with Crippen LogP contribution in [-0.4, -0.2) is 12.5 Å².